The van der Waals surface area contributed by atoms with Crippen LogP contribution in [0.4, 0.5) is 0 Å². The Balaban J connectivity index is 5.43. The molecule has 8 heteroatoms. The molecule has 1 unspecified atom stereocenters. The number of esters is 1. The fourth-order valence-corrected chi connectivity index (χ4v) is 3.57. The zero-order valence-electron chi connectivity index (χ0n) is 22.4. The third kappa shape index (κ3) is 15.8. The Bertz CT molecular complexity index is 471. The van der Waals surface area contributed by atoms with Crippen molar-refractivity contribution in [2.24, 2.45) is 5.92 Å². The van der Waals surface area contributed by atoms with Gasteiger partial charge >= 0.3 is 5.97 Å². The molecule has 0 aliphatic carbocycles. The fourth-order valence-electron chi connectivity index (χ4n) is 3.57. The van der Waals surface area contributed by atoms with Gasteiger partial charge in [0.15, 0.2) is 0 Å². The number of hydrogen-bond donors (Lipinski definition) is 0. The molecule has 0 amide bonds. The fraction of sp³-hybridized carbons (Fsp3) is 0.885. The molecule has 0 spiro atoms. The van der Waals surface area contributed by atoms with Crippen LogP contribution in [0.3, 0.4) is 0 Å². The zero-order valence-corrected chi connectivity index (χ0v) is 22.4. The van der Waals surface area contributed by atoms with Gasteiger partial charge in [-0.3, -0.25) is 0 Å². The molecular formula is C26H50O8. The van der Waals surface area contributed by atoms with Crippen molar-refractivity contribution in [2.45, 2.75) is 77.6 Å². The van der Waals surface area contributed by atoms with Gasteiger partial charge in [-0.05, 0) is 26.2 Å². The highest BCUT2D eigenvalue weighted by Crippen LogP contribution is 2.34. The third-order valence-electron chi connectivity index (χ3n) is 5.46. The summed E-state index contributed by atoms with van der Waals surface area (Å²) in [6.07, 6.45) is 9.38. The summed E-state index contributed by atoms with van der Waals surface area (Å²) in [5, 5.41) is 0. The molecule has 8 nitrogen and oxygen atoms in total. The second kappa shape index (κ2) is 22.4. The van der Waals surface area contributed by atoms with Crippen molar-refractivity contribution in [1.29, 1.82) is 0 Å². The van der Waals surface area contributed by atoms with Gasteiger partial charge < -0.3 is 33.2 Å². The molecule has 0 saturated carbocycles. The van der Waals surface area contributed by atoms with E-state index in [0.29, 0.717) is 64.7 Å². The number of carbonyl (C=O) groups excluding carboxylic acids is 1. The van der Waals surface area contributed by atoms with Crippen molar-refractivity contribution in [3.63, 3.8) is 0 Å². The Kier molecular flexibility index (Phi) is 21.8. The zero-order chi connectivity index (χ0) is 25.5. The van der Waals surface area contributed by atoms with Crippen LogP contribution in [0.5, 0.6) is 0 Å². The van der Waals surface area contributed by atoms with E-state index >= 15 is 0 Å². The van der Waals surface area contributed by atoms with Crippen LogP contribution in [0.15, 0.2) is 12.2 Å². The van der Waals surface area contributed by atoms with Gasteiger partial charge in [0.2, 0.25) is 0 Å². The van der Waals surface area contributed by atoms with Crippen LogP contribution < -0.4 is 0 Å². The topological polar surface area (TPSA) is 81.7 Å². The van der Waals surface area contributed by atoms with E-state index in [1.54, 1.807) is 28.3 Å². The van der Waals surface area contributed by atoms with E-state index in [-0.39, 0.29) is 11.9 Å². The molecule has 0 radical (unpaired) electrons. The lowest BCUT2D eigenvalue weighted by atomic mass is 9.93. The maximum Gasteiger partial charge on any atom is 0.333 e. The standard InChI is InChI=1S/C26H50O8/c1-7-8-9-10-11-12-14-24(15-13-16-31-25(27)23(2)3)26(32-20-17-28-4,33-21-18-29-5)34-22-19-30-6/h24H,2,7-22H2,1,3-6H3. The van der Waals surface area contributed by atoms with Gasteiger partial charge in [0, 0.05) is 32.8 Å². The first-order valence-electron chi connectivity index (χ1n) is 12.7. The van der Waals surface area contributed by atoms with Crippen molar-refractivity contribution in [2.75, 3.05) is 67.6 Å². The third-order valence-corrected chi connectivity index (χ3v) is 5.46. The molecule has 0 saturated heterocycles. The molecule has 0 aromatic carbocycles. The monoisotopic (exact) mass is 490 g/mol. The average molecular weight is 491 g/mol. The van der Waals surface area contributed by atoms with Crippen molar-refractivity contribution in [3.05, 3.63) is 12.2 Å². The van der Waals surface area contributed by atoms with Gasteiger partial charge in [-0.2, -0.15) is 0 Å². The molecule has 0 aliphatic heterocycles. The minimum absolute atomic E-state index is 0.0622. The number of carbonyl (C=O) groups is 1. The predicted molar refractivity (Wildman–Crippen MR) is 133 cm³/mol. The lowest BCUT2D eigenvalue weighted by molar-refractivity contribution is -0.410. The second-order valence-electron chi connectivity index (χ2n) is 8.44. The first kappa shape index (κ1) is 33.0. The van der Waals surface area contributed by atoms with Crippen LogP contribution >= 0.6 is 0 Å². The van der Waals surface area contributed by atoms with Crippen molar-refractivity contribution >= 4 is 5.97 Å². The Labute approximate surface area is 207 Å². The molecule has 34 heavy (non-hydrogen) atoms. The number of hydrogen-bond acceptors (Lipinski definition) is 8. The van der Waals surface area contributed by atoms with E-state index in [2.05, 4.69) is 13.5 Å². The summed E-state index contributed by atoms with van der Waals surface area (Å²) in [4.78, 5) is 11.8. The van der Waals surface area contributed by atoms with E-state index in [9.17, 15) is 4.79 Å². The largest absolute Gasteiger partial charge is 0.462 e. The van der Waals surface area contributed by atoms with Crippen LogP contribution in [0.2, 0.25) is 0 Å². The second-order valence-corrected chi connectivity index (χ2v) is 8.44. The maximum absolute atomic E-state index is 11.8. The van der Waals surface area contributed by atoms with Gasteiger partial charge in [0.25, 0.3) is 5.97 Å². The molecule has 0 rings (SSSR count). The molecular weight excluding hydrogens is 440 g/mol. The van der Waals surface area contributed by atoms with E-state index in [0.717, 1.165) is 19.3 Å². The minimum atomic E-state index is -1.25. The molecule has 0 aromatic heterocycles. The van der Waals surface area contributed by atoms with Gasteiger partial charge in [0.1, 0.15) is 0 Å². The van der Waals surface area contributed by atoms with Crippen LogP contribution in [0, 0.1) is 5.92 Å². The summed E-state index contributed by atoms with van der Waals surface area (Å²) >= 11 is 0. The number of ether oxygens (including phenoxy) is 7. The number of unbranched alkanes of at least 4 members (excludes halogenated alkanes) is 5. The van der Waals surface area contributed by atoms with Gasteiger partial charge in [-0.1, -0.05) is 52.0 Å². The Morgan fingerprint density at radius 3 is 1.65 bits per heavy atom. The maximum atomic E-state index is 11.8. The summed E-state index contributed by atoms with van der Waals surface area (Å²) in [5.41, 5.74) is 0.395. The van der Waals surface area contributed by atoms with E-state index in [4.69, 9.17) is 33.2 Å². The Hall–Kier alpha value is -1.03. The molecule has 0 aromatic rings. The lowest BCUT2D eigenvalue weighted by Crippen LogP contribution is -2.48. The van der Waals surface area contributed by atoms with Crippen LogP contribution in [0.1, 0.15) is 71.6 Å². The lowest BCUT2D eigenvalue weighted by Gasteiger charge is -2.40. The normalized spacial score (nSPS) is 12.6. The summed E-state index contributed by atoms with van der Waals surface area (Å²) in [5.74, 6) is -1.69. The molecule has 0 aliphatic rings. The highest BCUT2D eigenvalue weighted by Gasteiger charge is 2.42. The van der Waals surface area contributed by atoms with Gasteiger partial charge in [0.05, 0.1) is 46.2 Å². The molecule has 1 atom stereocenters. The van der Waals surface area contributed by atoms with E-state index < -0.39 is 5.97 Å². The summed E-state index contributed by atoms with van der Waals surface area (Å²) in [6.45, 7) is 10.0. The van der Waals surface area contributed by atoms with E-state index in [1.165, 1.54) is 25.7 Å². The van der Waals surface area contributed by atoms with E-state index in [1.807, 2.05) is 0 Å². The SMILES string of the molecule is C=C(C)C(=O)OCCCC(CCCCCCCC)C(OCCOC)(OCCOC)OCCOC. The molecule has 0 N–H and O–H groups in total. The highest BCUT2D eigenvalue weighted by molar-refractivity contribution is 5.86. The highest BCUT2D eigenvalue weighted by atomic mass is 16.9. The molecule has 0 heterocycles. The summed E-state index contributed by atoms with van der Waals surface area (Å²) in [6, 6.07) is 0. The Morgan fingerprint density at radius 2 is 1.18 bits per heavy atom. The predicted octanol–water partition coefficient (Wildman–Crippen LogP) is 4.90. The van der Waals surface area contributed by atoms with Crippen LogP contribution in [-0.4, -0.2) is 79.5 Å². The van der Waals surface area contributed by atoms with Crippen molar-refractivity contribution in [1.82, 2.24) is 0 Å². The molecule has 0 bridgehead atoms. The van der Waals surface area contributed by atoms with Gasteiger partial charge in [-0.15, -0.1) is 0 Å². The summed E-state index contributed by atoms with van der Waals surface area (Å²) in [7, 11) is 4.89. The minimum Gasteiger partial charge on any atom is -0.462 e. The van der Waals surface area contributed by atoms with Crippen molar-refractivity contribution in [3.8, 4) is 0 Å². The Morgan fingerprint density at radius 1 is 0.706 bits per heavy atom. The summed E-state index contributed by atoms with van der Waals surface area (Å²) < 4.78 is 39.6. The first-order valence-corrected chi connectivity index (χ1v) is 12.7. The number of methoxy groups -OCH3 is 3. The van der Waals surface area contributed by atoms with Crippen molar-refractivity contribution < 1.29 is 38.0 Å². The first-order chi connectivity index (χ1) is 16.5. The quantitative estimate of drug-likeness (QED) is 0.0774. The molecule has 202 valence electrons. The smallest absolute Gasteiger partial charge is 0.333 e. The molecule has 0 fully saturated rings. The van der Waals surface area contributed by atoms with Crippen LogP contribution in [-0.2, 0) is 38.0 Å². The number of rotatable bonds is 25. The van der Waals surface area contributed by atoms with Crippen LogP contribution in [0.25, 0.3) is 0 Å². The average Bonchev–Trinajstić information content (AvgIpc) is 2.82. The van der Waals surface area contributed by atoms with Gasteiger partial charge in [-0.25, -0.2) is 4.79 Å².